The normalized spacial score (nSPS) is 25.0. The molecular weight excluding hydrogens is 296 g/mol. The Morgan fingerprint density at radius 3 is 2.67 bits per heavy atom. The van der Waals surface area contributed by atoms with Gasteiger partial charge in [-0.15, -0.1) is 0 Å². The Labute approximate surface area is 126 Å². The van der Waals surface area contributed by atoms with E-state index in [0.29, 0.717) is 26.3 Å². The maximum atomic E-state index is 11.8. The van der Waals surface area contributed by atoms with Gasteiger partial charge in [-0.1, -0.05) is 0 Å². The van der Waals surface area contributed by atoms with Crippen molar-refractivity contribution in [3.05, 3.63) is 0 Å². The van der Waals surface area contributed by atoms with Gasteiger partial charge in [0.25, 0.3) is 0 Å². The Hall–Kier alpha value is -0.700. The van der Waals surface area contributed by atoms with Gasteiger partial charge in [0.15, 0.2) is 0 Å². The molecule has 0 aromatic carbocycles. The highest BCUT2D eigenvalue weighted by molar-refractivity contribution is 7.89. The Bertz CT molecular complexity index is 485. The molecule has 2 fully saturated rings. The molecule has 2 aliphatic heterocycles. The van der Waals surface area contributed by atoms with E-state index in [9.17, 15) is 13.2 Å². The average molecular weight is 320 g/mol. The van der Waals surface area contributed by atoms with E-state index < -0.39 is 15.6 Å². The van der Waals surface area contributed by atoms with E-state index in [1.807, 2.05) is 0 Å². The number of hydrogen-bond donors (Lipinski definition) is 0. The van der Waals surface area contributed by atoms with Crippen molar-refractivity contribution < 1.29 is 22.7 Å². The van der Waals surface area contributed by atoms with Crippen molar-refractivity contribution in [1.29, 1.82) is 0 Å². The van der Waals surface area contributed by atoms with Crippen LogP contribution in [0.4, 0.5) is 0 Å². The van der Waals surface area contributed by atoms with Crippen molar-refractivity contribution in [2.24, 2.45) is 5.92 Å². The summed E-state index contributed by atoms with van der Waals surface area (Å²) in [6.07, 6.45) is 0.843. The minimum atomic E-state index is -3.14. The highest BCUT2D eigenvalue weighted by atomic mass is 32.2. The van der Waals surface area contributed by atoms with Crippen LogP contribution in [0, 0.1) is 5.92 Å². The molecule has 0 saturated carbocycles. The zero-order valence-corrected chi connectivity index (χ0v) is 13.7. The second-order valence-electron chi connectivity index (χ2n) is 5.87. The fourth-order valence-electron chi connectivity index (χ4n) is 2.72. The maximum absolute atomic E-state index is 11.8. The summed E-state index contributed by atoms with van der Waals surface area (Å²) in [5.41, 5.74) is -0.413. The molecule has 2 rings (SSSR count). The second-order valence-corrected chi connectivity index (χ2v) is 8.13. The van der Waals surface area contributed by atoms with Gasteiger partial charge in [-0.2, -0.15) is 4.31 Å². The first-order valence-corrected chi connectivity index (χ1v) is 8.81. The second kappa shape index (κ2) is 6.20. The van der Waals surface area contributed by atoms with E-state index in [0.717, 1.165) is 6.42 Å². The zero-order chi connectivity index (χ0) is 15.7. The van der Waals surface area contributed by atoms with Gasteiger partial charge in [-0.3, -0.25) is 4.79 Å². The van der Waals surface area contributed by atoms with Gasteiger partial charge < -0.3 is 14.4 Å². The van der Waals surface area contributed by atoms with Crippen LogP contribution in [-0.4, -0.2) is 81.9 Å². The molecule has 122 valence electrons. The van der Waals surface area contributed by atoms with Crippen LogP contribution in [0.25, 0.3) is 0 Å². The Balaban J connectivity index is 1.84. The third kappa shape index (κ3) is 3.39. The molecule has 1 amide bonds. The van der Waals surface area contributed by atoms with Crippen LogP contribution in [0.5, 0.6) is 0 Å². The standard InChI is InChI=1S/C13H24N2O5S/c1-4-21(17,18)15-9-13(10-15)11(5-6-20-13)7-19-8-12(16)14(2)3/h11H,4-10H2,1-3H3. The third-order valence-corrected chi connectivity index (χ3v) is 6.06. The molecule has 2 saturated heterocycles. The number of nitrogens with zero attached hydrogens (tertiary/aromatic N) is 2. The number of carbonyl (C=O) groups excluding carboxylic acids is 1. The fourth-order valence-corrected chi connectivity index (χ4v) is 3.91. The quantitative estimate of drug-likeness (QED) is 0.661. The van der Waals surface area contributed by atoms with Crippen molar-refractivity contribution in [3.63, 3.8) is 0 Å². The minimum absolute atomic E-state index is 0.0521. The number of hydrogen-bond acceptors (Lipinski definition) is 5. The van der Waals surface area contributed by atoms with Crippen LogP contribution in [0.3, 0.4) is 0 Å². The zero-order valence-electron chi connectivity index (χ0n) is 12.9. The van der Waals surface area contributed by atoms with Gasteiger partial charge >= 0.3 is 0 Å². The molecule has 7 nitrogen and oxygen atoms in total. The van der Waals surface area contributed by atoms with Gasteiger partial charge in [-0.05, 0) is 13.3 Å². The molecule has 8 heteroatoms. The van der Waals surface area contributed by atoms with Gasteiger partial charge in [-0.25, -0.2) is 8.42 Å². The lowest BCUT2D eigenvalue weighted by Crippen LogP contribution is -2.66. The molecule has 1 spiro atoms. The molecule has 21 heavy (non-hydrogen) atoms. The lowest BCUT2D eigenvalue weighted by atomic mass is 9.83. The average Bonchev–Trinajstić information content (AvgIpc) is 2.80. The van der Waals surface area contributed by atoms with Crippen LogP contribution in [0.2, 0.25) is 0 Å². The summed E-state index contributed by atoms with van der Waals surface area (Å²) < 4.78 is 36.3. The fraction of sp³-hybridized carbons (Fsp3) is 0.923. The molecular formula is C13H24N2O5S. The number of rotatable bonds is 6. The third-order valence-electron chi connectivity index (χ3n) is 4.29. The van der Waals surface area contributed by atoms with Crippen LogP contribution in [0.1, 0.15) is 13.3 Å². The van der Waals surface area contributed by atoms with E-state index in [1.54, 1.807) is 21.0 Å². The van der Waals surface area contributed by atoms with Crippen molar-refractivity contribution in [3.8, 4) is 0 Å². The monoisotopic (exact) mass is 320 g/mol. The van der Waals surface area contributed by atoms with Crippen molar-refractivity contribution >= 4 is 15.9 Å². The smallest absolute Gasteiger partial charge is 0.248 e. The van der Waals surface area contributed by atoms with Crippen LogP contribution in [0.15, 0.2) is 0 Å². The Kier molecular flexibility index (Phi) is 4.92. The number of ether oxygens (including phenoxy) is 2. The SMILES string of the molecule is CCS(=O)(=O)N1CC2(C1)OCCC2COCC(=O)N(C)C. The number of amides is 1. The van der Waals surface area contributed by atoms with E-state index in [1.165, 1.54) is 9.21 Å². The van der Waals surface area contributed by atoms with E-state index in [4.69, 9.17) is 9.47 Å². The molecule has 2 heterocycles. The molecule has 1 atom stereocenters. The Morgan fingerprint density at radius 2 is 2.10 bits per heavy atom. The summed E-state index contributed by atoms with van der Waals surface area (Å²) in [5, 5.41) is 0. The lowest BCUT2D eigenvalue weighted by molar-refractivity contribution is -0.138. The summed E-state index contributed by atoms with van der Waals surface area (Å²) in [5.74, 6) is 0.184. The highest BCUT2D eigenvalue weighted by Crippen LogP contribution is 2.41. The summed E-state index contributed by atoms with van der Waals surface area (Å²) in [4.78, 5) is 13.0. The van der Waals surface area contributed by atoms with Crippen molar-refractivity contribution in [2.45, 2.75) is 18.9 Å². The summed E-state index contributed by atoms with van der Waals surface area (Å²) >= 11 is 0. The van der Waals surface area contributed by atoms with Crippen LogP contribution >= 0.6 is 0 Å². The maximum Gasteiger partial charge on any atom is 0.248 e. The van der Waals surface area contributed by atoms with E-state index in [-0.39, 0.29) is 24.2 Å². The van der Waals surface area contributed by atoms with Crippen LogP contribution < -0.4 is 0 Å². The van der Waals surface area contributed by atoms with Crippen molar-refractivity contribution in [2.75, 3.05) is 52.8 Å². The molecule has 0 N–H and O–H groups in total. The first-order chi connectivity index (χ1) is 9.81. The largest absolute Gasteiger partial charge is 0.372 e. The predicted octanol–water partition coefficient (Wildman–Crippen LogP) is -0.468. The molecule has 1 unspecified atom stereocenters. The molecule has 0 aromatic heterocycles. The summed E-state index contributed by atoms with van der Waals surface area (Å²) in [6.45, 7) is 3.55. The van der Waals surface area contributed by atoms with Gasteiger partial charge in [0, 0.05) is 39.7 Å². The predicted molar refractivity (Wildman–Crippen MR) is 77.3 cm³/mol. The molecule has 0 radical (unpaired) electrons. The Morgan fingerprint density at radius 1 is 1.43 bits per heavy atom. The number of carbonyl (C=O) groups is 1. The number of likely N-dealkylation sites (N-methyl/N-ethyl adjacent to an activating group) is 1. The molecule has 0 aromatic rings. The lowest BCUT2D eigenvalue weighted by Gasteiger charge is -2.49. The summed E-state index contributed by atoms with van der Waals surface area (Å²) in [7, 11) is 0.230. The van der Waals surface area contributed by atoms with Crippen molar-refractivity contribution in [1.82, 2.24) is 9.21 Å². The molecule has 0 aliphatic carbocycles. The topological polar surface area (TPSA) is 76.1 Å². The highest BCUT2D eigenvalue weighted by Gasteiger charge is 2.55. The van der Waals surface area contributed by atoms with Gasteiger partial charge in [0.05, 0.1) is 12.4 Å². The van der Waals surface area contributed by atoms with Gasteiger partial charge in [0.2, 0.25) is 15.9 Å². The van der Waals surface area contributed by atoms with Crippen LogP contribution in [-0.2, 0) is 24.3 Å². The van der Waals surface area contributed by atoms with E-state index in [2.05, 4.69) is 0 Å². The first-order valence-electron chi connectivity index (χ1n) is 7.20. The molecule has 0 bridgehead atoms. The number of sulfonamides is 1. The first kappa shape index (κ1) is 16.7. The van der Waals surface area contributed by atoms with E-state index >= 15 is 0 Å². The minimum Gasteiger partial charge on any atom is -0.372 e. The molecule has 2 aliphatic rings. The van der Waals surface area contributed by atoms with Gasteiger partial charge in [0.1, 0.15) is 12.2 Å². The summed E-state index contributed by atoms with van der Waals surface area (Å²) in [6, 6.07) is 0.